The van der Waals surface area contributed by atoms with Gasteiger partial charge in [-0.1, -0.05) is 24.3 Å². The van der Waals surface area contributed by atoms with Crippen molar-refractivity contribution in [3.05, 3.63) is 65.7 Å². The van der Waals surface area contributed by atoms with E-state index in [9.17, 15) is 4.79 Å². The summed E-state index contributed by atoms with van der Waals surface area (Å²) in [5, 5.41) is 4.32. The van der Waals surface area contributed by atoms with Crippen molar-refractivity contribution in [2.75, 3.05) is 35.2 Å². The Kier molecular flexibility index (Phi) is 4.62. The lowest BCUT2D eigenvalue weighted by atomic mass is 9.73. The van der Waals surface area contributed by atoms with Gasteiger partial charge in [0, 0.05) is 50.7 Å². The van der Waals surface area contributed by atoms with Gasteiger partial charge in [-0.2, -0.15) is 5.10 Å². The van der Waals surface area contributed by atoms with Crippen LogP contribution in [0.4, 0.5) is 17.5 Å². The van der Waals surface area contributed by atoms with Gasteiger partial charge in [-0.15, -0.1) is 0 Å². The van der Waals surface area contributed by atoms with E-state index in [-0.39, 0.29) is 23.2 Å². The molecule has 0 saturated carbocycles. The van der Waals surface area contributed by atoms with Crippen molar-refractivity contribution in [1.82, 2.24) is 24.1 Å². The highest BCUT2D eigenvalue weighted by molar-refractivity contribution is 6.08. The van der Waals surface area contributed by atoms with Crippen LogP contribution in [0.25, 0.3) is 5.65 Å². The number of nitrogens with zero attached hydrogens (tertiary/aromatic N) is 7. The number of fused-ring (bicyclic) bond motifs is 3. The van der Waals surface area contributed by atoms with Crippen molar-refractivity contribution >= 4 is 29.0 Å². The number of hydrogen-bond donors (Lipinski definition) is 2. The zero-order chi connectivity index (χ0) is 24.4. The fourth-order valence-electron chi connectivity index (χ4n) is 6.44. The molecule has 1 aliphatic carbocycles. The third kappa shape index (κ3) is 3.00. The number of nitrogens with two attached hydrogens (primary N) is 2. The topological polar surface area (TPSA) is 124 Å². The molecule has 3 aliphatic rings. The number of benzene rings is 1. The van der Waals surface area contributed by atoms with Crippen LogP contribution in [0, 0.1) is 5.41 Å². The lowest BCUT2D eigenvalue weighted by molar-refractivity contribution is 0.0976. The van der Waals surface area contributed by atoms with Gasteiger partial charge in [0.1, 0.15) is 5.82 Å². The Hall–Kier alpha value is -3.92. The van der Waals surface area contributed by atoms with Crippen LogP contribution in [0.5, 0.6) is 0 Å². The van der Waals surface area contributed by atoms with Gasteiger partial charge < -0.3 is 16.4 Å². The summed E-state index contributed by atoms with van der Waals surface area (Å²) < 4.78 is 3.64. The lowest BCUT2D eigenvalue weighted by Gasteiger charge is -2.42. The predicted molar refractivity (Wildman–Crippen MR) is 137 cm³/mol. The van der Waals surface area contributed by atoms with Gasteiger partial charge in [0.05, 0.1) is 6.20 Å². The number of aryl methyl sites for hydroxylation is 1. The van der Waals surface area contributed by atoms with Crippen molar-refractivity contribution in [2.24, 2.45) is 11.1 Å². The average molecular weight is 484 g/mol. The zero-order valence-corrected chi connectivity index (χ0v) is 20.0. The highest BCUT2D eigenvalue weighted by atomic mass is 16.2. The van der Waals surface area contributed by atoms with E-state index in [4.69, 9.17) is 16.5 Å². The predicted octanol–water partition coefficient (Wildman–Crippen LogP) is 2.40. The van der Waals surface area contributed by atoms with Crippen molar-refractivity contribution in [2.45, 2.75) is 38.3 Å². The largest absolute Gasteiger partial charge is 0.382 e. The Morgan fingerprint density at radius 2 is 1.89 bits per heavy atom. The Bertz CT molecular complexity index is 1480. The molecule has 184 valence electrons. The molecule has 10 nitrogen and oxygen atoms in total. The zero-order valence-electron chi connectivity index (χ0n) is 20.0. The van der Waals surface area contributed by atoms with Crippen LogP contribution in [0.2, 0.25) is 0 Å². The number of imidazole rings is 1. The van der Waals surface area contributed by atoms with E-state index in [1.807, 2.05) is 10.7 Å². The first-order valence-corrected chi connectivity index (χ1v) is 12.6. The highest BCUT2D eigenvalue weighted by Gasteiger charge is 2.46. The summed E-state index contributed by atoms with van der Waals surface area (Å²) in [5.41, 5.74) is 17.0. The maximum atomic E-state index is 13.7. The van der Waals surface area contributed by atoms with Crippen LogP contribution < -0.4 is 21.3 Å². The molecule has 4 aromatic rings. The first-order valence-electron chi connectivity index (χ1n) is 12.6. The van der Waals surface area contributed by atoms with Gasteiger partial charge in [0.25, 0.3) is 5.91 Å². The molecule has 10 heteroatoms. The molecule has 36 heavy (non-hydrogen) atoms. The number of amides is 1. The minimum atomic E-state index is -0.191. The lowest BCUT2D eigenvalue weighted by Crippen LogP contribution is -2.45. The maximum Gasteiger partial charge on any atom is 0.280 e. The molecular weight excluding hydrogens is 454 g/mol. The Morgan fingerprint density at radius 1 is 1.06 bits per heavy atom. The summed E-state index contributed by atoms with van der Waals surface area (Å²) in [6, 6.07) is 10.5. The summed E-state index contributed by atoms with van der Waals surface area (Å²) in [5.74, 6) is 1.51. The summed E-state index contributed by atoms with van der Waals surface area (Å²) >= 11 is 0. The minimum Gasteiger partial charge on any atom is -0.382 e. The molecule has 7 rings (SSSR count). The molecule has 3 aromatic heterocycles. The Balaban J connectivity index is 1.19. The summed E-state index contributed by atoms with van der Waals surface area (Å²) in [4.78, 5) is 27.0. The van der Waals surface area contributed by atoms with E-state index in [1.165, 1.54) is 11.1 Å². The van der Waals surface area contributed by atoms with E-state index < -0.39 is 0 Å². The minimum absolute atomic E-state index is 0.0540. The van der Waals surface area contributed by atoms with E-state index in [1.54, 1.807) is 27.9 Å². The first-order chi connectivity index (χ1) is 17.6. The van der Waals surface area contributed by atoms with Crippen molar-refractivity contribution in [3.63, 3.8) is 0 Å². The van der Waals surface area contributed by atoms with Crippen LogP contribution >= 0.6 is 0 Å². The van der Waals surface area contributed by atoms with Crippen LogP contribution in [0.15, 0.2) is 48.9 Å². The molecule has 0 radical (unpaired) electrons. The fourth-order valence-corrected chi connectivity index (χ4v) is 6.44. The SMILES string of the molecule is Nc1nc(N2CCC3(CC2)Cc2ccccc2[C@H]3N)c2nccn2c1C(=O)N1CCCn2nccc21. The van der Waals surface area contributed by atoms with Crippen molar-refractivity contribution in [3.8, 4) is 0 Å². The second kappa shape index (κ2) is 7.79. The molecule has 1 spiro atoms. The summed E-state index contributed by atoms with van der Waals surface area (Å²) in [7, 11) is 0. The maximum absolute atomic E-state index is 13.7. The quantitative estimate of drug-likeness (QED) is 0.449. The Morgan fingerprint density at radius 3 is 2.72 bits per heavy atom. The van der Waals surface area contributed by atoms with Gasteiger partial charge in [0.2, 0.25) is 0 Å². The van der Waals surface area contributed by atoms with Crippen molar-refractivity contribution in [1.29, 1.82) is 0 Å². The van der Waals surface area contributed by atoms with E-state index in [0.29, 0.717) is 17.9 Å². The summed E-state index contributed by atoms with van der Waals surface area (Å²) in [6.07, 6.45) is 9.00. The number of anilines is 3. The molecule has 1 saturated heterocycles. The highest BCUT2D eigenvalue weighted by Crippen LogP contribution is 2.51. The average Bonchev–Trinajstić information content (AvgIpc) is 3.63. The smallest absolute Gasteiger partial charge is 0.280 e. The molecule has 2 aliphatic heterocycles. The number of carbonyl (C=O) groups excluding carboxylic acids is 1. The van der Waals surface area contributed by atoms with E-state index in [0.717, 1.165) is 57.0 Å². The standard InChI is InChI=1S/C26H29N9O/c27-21-18-5-2-1-4-17(18)16-26(21)7-13-32(14-8-26)24-23-29-10-15-34(23)20(22(28)31-24)25(36)33-11-3-12-35-19(33)6-9-30-35/h1-2,4-6,9-10,15,21H,3,7-8,11-14,16,27-28H2/t21-/m1/s1. The van der Waals surface area contributed by atoms with Crippen molar-refractivity contribution < 1.29 is 4.79 Å². The molecule has 0 bridgehead atoms. The Labute approximate surface area is 208 Å². The molecule has 0 unspecified atom stereocenters. The van der Waals surface area contributed by atoms with Gasteiger partial charge >= 0.3 is 0 Å². The van der Waals surface area contributed by atoms with Gasteiger partial charge in [-0.25, -0.2) is 14.6 Å². The normalized spacial score (nSPS) is 20.6. The summed E-state index contributed by atoms with van der Waals surface area (Å²) in [6.45, 7) is 3.04. The molecular formula is C26H29N9O. The second-order valence-electron chi connectivity index (χ2n) is 10.2. The molecule has 1 amide bonds. The number of rotatable bonds is 2. The van der Waals surface area contributed by atoms with Crippen LogP contribution in [-0.4, -0.2) is 49.7 Å². The van der Waals surface area contributed by atoms with Gasteiger partial charge in [-0.3, -0.25) is 14.1 Å². The number of carbonyl (C=O) groups is 1. The number of aromatic nitrogens is 5. The molecule has 5 heterocycles. The van der Waals surface area contributed by atoms with E-state index >= 15 is 0 Å². The second-order valence-corrected chi connectivity index (χ2v) is 10.2. The van der Waals surface area contributed by atoms with Gasteiger partial charge in [-0.05, 0) is 42.2 Å². The molecule has 1 aromatic carbocycles. The van der Waals surface area contributed by atoms with E-state index in [2.05, 4.69) is 39.2 Å². The third-order valence-electron chi connectivity index (χ3n) is 8.37. The fraction of sp³-hybridized carbons (Fsp3) is 0.385. The van der Waals surface area contributed by atoms with Crippen LogP contribution in [0.1, 0.15) is 46.9 Å². The van der Waals surface area contributed by atoms with Crippen LogP contribution in [-0.2, 0) is 13.0 Å². The molecule has 1 atom stereocenters. The molecule has 4 N–H and O–H groups in total. The van der Waals surface area contributed by atoms with Gasteiger partial charge in [0.15, 0.2) is 23.0 Å². The number of nitrogen functional groups attached to an aromatic ring is 1. The number of piperidine rings is 1. The monoisotopic (exact) mass is 483 g/mol. The molecule has 1 fully saturated rings. The number of hydrogen-bond acceptors (Lipinski definition) is 7. The van der Waals surface area contributed by atoms with Crippen LogP contribution in [0.3, 0.4) is 0 Å². The third-order valence-corrected chi connectivity index (χ3v) is 8.37. The first kappa shape index (κ1) is 21.4.